The zero-order chi connectivity index (χ0) is 16.9. The molecule has 5 nitrogen and oxygen atoms in total. The number of carbonyl (C=O) groups excluding carboxylic acids is 1. The number of carboxylic acids is 1. The van der Waals surface area contributed by atoms with E-state index in [9.17, 15) is 9.59 Å². The predicted molar refractivity (Wildman–Crippen MR) is 91.9 cm³/mol. The zero-order valence-corrected chi connectivity index (χ0v) is 14.7. The Kier molecular flexibility index (Phi) is 6.04. The summed E-state index contributed by atoms with van der Waals surface area (Å²) in [4.78, 5) is 26.0. The number of thiophene rings is 1. The Morgan fingerprint density at radius 1 is 1.39 bits per heavy atom. The van der Waals surface area contributed by atoms with Gasteiger partial charge in [-0.2, -0.15) is 0 Å². The van der Waals surface area contributed by atoms with E-state index in [2.05, 4.69) is 22.8 Å². The predicted octanol–water partition coefficient (Wildman–Crippen LogP) is 3.31. The van der Waals surface area contributed by atoms with Gasteiger partial charge < -0.3 is 15.3 Å². The zero-order valence-electron chi connectivity index (χ0n) is 13.9. The third-order valence-electron chi connectivity index (χ3n) is 4.75. The summed E-state index contributed by atoms with van der Waals surface area (Å²) < 4.78 is 0. The summed E-state index contributed by atoms with van der Waals surface area (Å²) in [5, 5.41) is 14.1. The molecule has 0 bridgehead atoms. The number of nitrogens with one attached hydrogen (secondary N) is 1. The van der Waals surface area contributed by atoms with E-state index in [4.69, 9.17) is 5.11 Å². The molecule has 1 unspecified atom stereocenters. The number of rotatable bonds is 6. The average Bonchev–Trinajstić information content (AvgIpc) is 3.08. The van der Waals surface area contributed by atoms with Crippen LogP contribution in [0.15, 0.2) is 17.5 Å². The molecule has 1 atom stereocenters. The van der Waals surface area contributed by atoms with Crippen LogP contribution in [0.3, 0.4) is 0 Å². The van der Waals surface area contributed by atoms with E-state index in [0.29, 0.717) is 6.54 Å². The van der Waals surface area contributed by atoms with Gasteiger partial charge in [-0.15, -0.1) is 11.3 Å². The topological polar surface area (TPSA) is 69.6 Å². The molecule has 6 heteroatoms. The highest BCUT2D eigenvalue weighted by Gasteiger charge is 2.35. The second kappa shape index (κ2) is 7.81. The van der Waals surface area contributed by atoms with Crippen molar-refractivity contribution in [2.75, 3.05) is 20.1 Å². The first-order chi connectivity index (χ1) is 10.9. The second-order valence-electron chi connectivity index (χ2n) is 6.60. The van der Waals surface area contributed by atoms with Gasteiger partial charge >= 0.3 is 12.0 Å². The minimum Gasteiger partial charge on any atom is -0.481 e. The fraction of sp³-hybridized carbons (Fsp3) is 0.647. The van der Waals surface area contributed by atoms with Crippen LogP contribution >= 0.6 is 11.3 Å². The van der Waals surface area contributed by atoms with Crippen molar-refractivity contribution in [2.24, 2.45) is 5.92 Å². The van der Waals surface area contributed by atoms with Crippen molar-refractivity contribution in [3.8, 4) is 0 Å². The summed E-state index contributed by atoms with van der Waals surface area (Å²) in [6, 6.07) is 4.04. The van der Waals surface area contributed by atoms with Crippen LogP contribution in [0.1, 0.15) is 43.9 Å². The molecule has 1 saturated carbocycles. The lowest BCUT2D eigenvalue weighted by Crippen LogP contribution is -2.47. The Labute approximate surface area is 141 Å². The summed E-state index contributed by atoms with van der Waals surface area (Å²) in [6.45, 7) is 2.45. The molecule has 0 aromatic carbocycles. The van der Waals surface area contributed by atoms with Crippen molar-refractivity contribution >= 4 is 23.3 Å². The molecule has 128 valence electrons. The van der Waals surface area contributed by atoms with Crippen LogP contribution in [0.25, 0.3) is 0 Å². The molecule has 1 aliphatic carbocycles. The summed E-state index contributed by atoms with van der Waals surface area (Å²) >= 11 is 1.76. The Morgan fingerprint density at radius 2 is 2.09 bits per heavy atom. The number of hydrogen-bond acceptors (Lipinski definition) is 3. The highest BCUT2D eigenvalue weighted by Crippen LogP contribution is 2.41. The molecule has 1 aromatic heterocycles. The number of amides is 2. The van der Waals surface area contributed by atoms with Crippen LogP contribution < -0.4 is 5.32 Å². The Balaban J connectivity index is 1.96. The number of carbonyl (C=O) groups is 2. The lowest BCUT2D eigenvalue weighted by atomic mass is 9.73. The Hall–Kier alpha value is -1.56. The van der Waals surface area contributed by atoms with Gasteiger partial charge in [0.15, 0.2) is 0 Å². The molecule has 1 fully saturated rings. The van der Waals surface area contributed by atoms with E-state index in [-0.39, 0.29) is 18.0 Å². The van der Waals surface area contributed by atoms with Crippen molar-refractivity contribution < 1.29 is 14.7 Å². The maximum Gasteiger partial charge on any atom is 0.317 e. The second-order valence-corrected chi connectivity index (χ2v) is 7.54. The van der Waals surface area contributed by atoms with Gasteiger partial charge in [-0.1, -0.05) is 32.3 Å². The first kappa shape index (κ1) is 17.8. The van der Waals surface area contributed by atoms with Gasteiger partial charge in [-0.25, -0.2) is 4.79 Å². The Morgan fingerprint density at radius 3 is 2.65 bits per heavy atom. The van der Waals surface area contributed by atoms with Crippen LogP contribution in [0.5, 0.6) is 0 Å². The minimum atomic E-state index is -0.882. The molecule has 0 aliphatic heterocycles. The monoisotopic (exact) mass is 338 g/mol. The third-order valence-corrected chi connectivity index (χ3v) is 5.86. The van der Waals surface area contributed by atoms with Crippen molar-refractivity contribution in [2.45, 2.75) is 44.4 Å². The maximum atomic E-state index is 12.3. The molecule has 2 rings (SSSR count). The van der Waals surface area contributed by atoms with Gasteiger partial charge in [0.25, 0.3) is 0 Å². The summed E-state index contributed by atoms with van der Waals surface area (Å²) in [5.74, 6) is -1.45. The highest BCUT2D eigenvalue weighted by atomic mass is 32.1. The lowest BCUT2D eigenvalue weighted by Gasteiger charge is -2.37. The summed E-state index contributed by atoms with van der Waals surface area (Å²) in [6.07, 6.45) is 5.85. The summed E-state index contributed by atoms with van der Waals surface area (Å²) in [7, 11) is 1.65. The molecule has 0 radical (unpaired) electrons. The molecule has 1 heterocycles. The van der Waals surface area contributed by atoms with E-state index in [1.54, 1.807) is 25.3 Å². The molecule has 1 aliphatic rings. The minimum absolute atomic E-state index is 0.0430. The number of carboxylic acid groups (broad SMARTS) is 1. The van der Waals surface area contributed by atoms with Crippen molar-refractivity contribution in [1.82, 2.24) is 10.2 Å². The molecular formula is C17H26N2O3S. The van der Waals surface area contributed by atoms with Crippen molar-refractivity contribution in [3.63, 3.8) is 0 Å². The van der Waals surface area contributed by atoms with Crippen LogP contribution in [0.4, 0.5) is 4.79 Å². The molecular weight excluding hydrogens is 312 g/mol. The number of aliphatic carboxylic acids is 1. The molecule has 2 amide bonds. The van der Waals surface area contributed by atoms with Crippen LogP contribution in [0.2, 0.25) is 0 Å². The fourth-order valence-electron chi connectivity index (χ4n) is 3.27. The molecule has 0 saturated heterocycles. The SMILES string of the molecule is CC(CN(C)C(=O)NCC1(c2cccs2)CCCCC1)C(=O)O. The quantitative estimate of drug-likeness (QED) is 0.836. The van der Waals surface area contributed by atoms with E-state index in [1.807, 2.05) is 0 Å². The van der Waals surface area contributed by atoms with Gasteiger partial charge in [0, 0.05) is 30.4 Å². The van der Waals surface area contributed by atoms with Gasteiger partial charge in [-0.05, 0) is 24.3 Å². The van der Waals surface area contributed by atoms with E-state index in [0.717, 1.165) is 12.8 Å². The summed E-state index contributed by atoms with van der Waals surface area (Å²) in [5.41, 5.74) is 0.0430. The number of nitrogens with zero attached hydrogens (tertiary/aromatic N) is 1. The number of hydrogen-bond donors (Lipinski definition) is 2. The smallest absolute Gasteiger partial charge is 0.317 e. The fourth-order valence-corrected chi connectivity index (χ4v) is 4.26. The van der Waals surface area contributed by atoms with Gasteiger partial charge in [0.05, 0.1) is 5.92 Å². The van der Waals surface area contributed by atoms with E-state index < -0.39 is 11.9 Å². The highest BCUT2D eigenvalue weighted by molar-refractivity contribution is 7.10. The molecule has 1 aromatic rings. The van der Waals surface area contributed by atoms with Crippen molar-refractivity contribution in [3.05, 3.63) is 22.4 Å². The molecule has 23 heavy (non-hydrogen) atoms. The van der Waals surface area contributed by atoms with Crippen molar-refractivity contribution in [1.29, 1.82) is 0 Å². The van der Waals surface area contributed by atoms with Crippen LogP contribution in [0, 0.1) is 5.92 Å². The third kappa shape index (κ3) is 4.47. The average molecular weight is 338 g/mol. The number of urea groups is 1. The van der Waals surface area contributed by atoms with Crippen LogP contribution in [-0.4, -0.2) is 42.1 Å². The van der Waals surface area contributed by atoms with Crippen LogP contribution in [-0.2, 0) is 10.2 Å². The molecule has 0 spiro atoms. The molecule has 2 N–H and O–H groups in total. The Bertz CT molecular complexity index is 524. The van der Waals surface area contributed by atoms with Gasteiger partial charge in [-0.3, -0.25) is 4.79 Å². The lowest BCUT2D eigenvalue weighted by molar-refractivity contribution is -0.141. The van der Waals surface area contributed by atoms with Gasteiger partial charge in [0.2, 0.25) is 0 Å². The van der Waals surface area contributed by atoms with E-state index in [1.165, 1.54) is 29.0 Å². The first-order valence-corrected chi connectivity index (χ1v) is 9.08. The normalized spacial score (nSPS) is 18.2. The van der Waals surface area contributed by atoms with E-state index >= 15 is 0 Å². The maximum absolute atomic E-state index is 12.3. The van der Waals surface area contributed by atoms with Gasteiger partial charge in [0.1, 0.15) is 0 Å². The largest absolute Gasteiger partial charge is 0.481 e. The standard InChI is InChI=1S/C17H26N2O3S/c1-13(15(20)21)11-19(2)16(22)18-12-17(8-4-3-5-9-17)14-7-6-10-23-14/h6-7,10,13H,3-5,8-9,11-12H2,1-2H3,(H,18,22)(H,20,21). The first-order valence-electron chi connectivity index (χ1n) is 8.20.